The predicted molar refractivity (Wildman–Crippen MR) is 123 cm³/mol. The maximum absolute atomic E-state index is 14.3. The molecule has 0 aromatic heterocycles. The molecule has 178 valence electrons. The van der Waals surface area contributed by atoms with Crippen LogP contribution in [0.25, 0.3) is 0 Å². The summed E-state index contributed by atoms with van der Waals surface area (Å²) in [5.41, 5.74) is 0.151. The molecule has 5 rings (SSSR count). The van der Waals surface area contributed by atoms with Crippen LogP contribution in [0.2, 0.25) is 5.02 Å². The minimum absolute atomic E-state index is 0.0301. The van der Waals surface area contributed by atoms with Crippen molar-refractivity contribution in [3.05, 3.63) is 53.1 Å². The van der Waals surface area contributed by atoms with Crippen molar-refractivity contribution in [3.8, 4) is 6.07 Å². The van der Waals surface area contributed by atoms with E-state index in [0.29, 0.717) is 17.6 Å². The first kappa shape index (κ1) is 23.0. The van der Waals surface area contributed by atoms with Gasteiger partial charge in [0.25, 0.3) is 0 Å². The van der Waals surface area contributed by atoms with Gasteiger partial charge in [-0.15, -0.1) is 0 Å². The van der Waals surface area contributed by atoms with E-state index < -0.39 is 37.2 Å². The van der Waals surface area contributed by atoms with Crippen molar-refractivity contribution < 1.29 is 17.2 Å². The van der Waals surface area contributed by atoms with Crippen molar-refractivity contribution >= 4 is 38.8 Å². The largest absolute Gasteiger partial charge is 0.353 e. The molecule has 8 nitrogen and oxygen atoms in total. The van der Waals surface area contributed by atoms with Crippen LogP contribution in [0.3, 0.4) is 0 Å². The van der Waals surface area contributed by atoms with Crippen LogP contribution in [0, 0.1) is 23.0 Å². The molecule has 0 bridgehead atoms. The topological polar surface area (TPSA) is 101 Å². The van der Waals surface area contributed by atoms with Crippen LogP contribution in [0.5, 0.6) is 0 Å². The van der Waals surface area contributed by atoms with Crippen LogP contribution in [0.1, 0.15) is 12.8 Å². The summed E-state index contributed by atoms with van der Waals surface area (Å²) in [5, 5.41) is 16.4. The molecule has 0 amide bonds. The second kappa shape index (κ2) is 8.46. The molecule has 0 radical (unpaired) electrons. The van der Waals surface area contributed by atoms with E-state index in [0.717, 1.165) is 28.9 Å². The molecule has 1 saturated carbocycles. The first-order chi connectivity index (χ1) is 16.2. The number of anilines is 1. The number of aliphatic imine (C=N–C) groups is 1. The molecule has 12 heteroatoms. The Morgan fingerprint density at radius 3 is 2.53 bits per heavy atom. The van der Waals surface area contributed by atoms with Crippen molar-refractivity contribution in [2.24, 2.45) is 4.99 Å². The molecule has 2 aliphatic heterocycles. The molecule has 34 heavy (non-hydrogen) atoms. The number of fused-ring (bicyclic) bond motifs is 1. The third-order valence-corrected chi connectivity index (χ3v) is 8.29. The maximum atomic E-state index is 14.3. The third-order valence-electron chi connectivity index (χ3n) is 6.08. The van der Waals surface area contributed by atoms with Gasteiger partial charge in [0, 0.05) is 38.3 Å². The number of rotatable bonds is 4. The number of para-hydroxylation sites is 2. The van der Waals surface area contributed by atoms with Crippen molar-refractivity contribution in [1.29, 1.82) is 5.26 Å². The zero-order valence-corrected chi connectivity index (χ0v) is 19.5. The van der Waals surface area contributed by atoms with E-state index >= 15 is 0 Å². The van der Waals surface area contributed by atoms with Crippen LogP contribution in [-0.4, -0.2) is 61.3 Å². The standard InChI is InChI=1S/C22H21ClF2N6O2S/c23-15-11-20(17(25)12-16(15)24)34(32,33)31-9-7-30(8-10-31)21-22(13-26,28-14-5-6-14)29-19-4-2-1-3-18(19)27-21/h1-4,11-12,14,28-29H,5-10H2. The van der Waals surface area contributed by atoms with Crippen LogP contribution in [0.4, 0.5) is 20.2 Å². The predicted octanol–water partition coefficient (Wildman–Crippen LogP) is 3.05. The Kier molecular flexibility index (Phi) is 5.72. The lowest BCUT2D eigenvalue weighted by Gasteiger charge is -2.43. The van der Waals surface area contributed by atoms with Crippen LogP contribution in [0.15, 0.2) is 46.3 Å². The molecular weight excluding hydrogens is 486 g/mol. The minimum Gasteiger partial charge on any atom is -0.353 e. The molecule has 1 saturated heterocycles. The number of nitrogens with zero attached hydrogens (tertiary/aromatic N) is 4. The van der Waals surface area contributed by atoms with Gasteiger partial charge in [-0.05, 0) is 31.0 Å². The summed E-state index contributed by atoms with van der Waals surface area (Å²) in [6.45, 7) is 0.521. The van der Waals surface area contributed by atoms with E-state index in [9.17, 15) is 22.5 Å². The van der Waals surface area contributed by atoms with Gasteiger partial charge in [0.05, 0.1) is 16.4 Å². The van der Waals surface area contributed by atoms with Gasteiger partial charge in [-0.2, -0.15) is 9.57 Å². The Labute approximate surface area is 200 Å². The summed E-state index contributed by atoms with van der Waals surface area (Å²) >= 11 is 5.70. The highest BCUT2D eigenvalue weighted by Crippen LogP contribution is 2.36. The SMILES string of the molecule is N#CC1(NC2CC2)Nc2ccccc2N=C1N1CCN(S(=O)(=O)c2cc(Cl)c(F)cc2F)CC1. The number of nitrogens with one attached hydrogen (secondary N) is 2. The first-order valence-corrected chi connectivity index (χ1v) is 12.6. The molecule has 1 aliphatic carbocycles. The molecule has 1 atom stereocenters. The average molecular weight is 507 g/mol. The van der Waals surface area contributed by atoms with Crippen molar-refractivity contribution in [3.63, 3.8) is 0 Å². The van der Waals surface area contributed by atoms with E-state index in [4.69, 9.17) is 16.6 Å². The number of nitriles is 1. The highest BCUT2D eigenvalue weighted by molar-refractivity contribution is 7.89. The summed E-state index contributed by atoms with van der Waals surface area (Å²) in [6.07, 6.45) is 1.91. The lowest BCUT2D eigenvalue weighted by atomic mass is 10.0. The Hall–Kier alpha value is -2.78. The second-order valence-electron chi connectivity index (χ2n) is 8.45. The summed E-state index contributed by atoms with van der Waals surface area (Å²) in [7, 11) is -4.23. The molecule has 3 aliphatic rings. The van der Waals surface area contributed by atoms with Gasteiger partial charge in [0.2, 0.25) is 15.7 Å². The van der Waals surface area contributed by atoms with Gasteiger partial charge in [0.15, 0.2) is 5.84 Å². The Bertz CT molecular complexity index is 1320. The second-order valence-corrected chi connectivity index (χ2v) is 10.8. The highest BCUT2D eigenvalue weighted by Gasteiger charge is 2.47. The minimum atomic E-state index is -4.23. The number of halogens is 3. The molecular formula is C22H21ClF2N6O2S. The quantitative estimate of drug-likeness (QED) is 0.618. The lowest BCUT2D eigenvalue weighted by molar-refractivity contribution is 0.255. The summed E-state index contributed by atoms with van der Waals surface area (Å²) in [4.78, 5) is 5.96. The number of benzene rings is 2. The van der Waals surface area contributed by atoms with E-state index in [1.807, 2.05) is 29.2 Å². The van der Waals surface area contributed by atoms with Crippen LogP contribution < -0.4 is 10.6 Å². The van der Waals surface area contributed by atoms with E-state index in [1.54, 1.807) is 0 Å². The molecule has 2 aromatic rings. The van der Waals surface area contributed by atoms with E-state index in [1.165, 1.54) is 0 Å². The maximum Gasteiger partial charge on any atom is 0.246 e. The van der Waals surface area contributed by atoms with Gasteiger partial charge >= 0.3 is 0 Å². The van der Waals surface area contributed by atoms with E-state index in [2.05, 4.69) is 16.7 Å². The van der Waals surface area contributed by atoms with Gasteiger partial charge in [-0.25, -0.2) is 22.2 Å². The molecule has 2 N–H and O–H groups in total. The Morgan fingerprint density at radius 1 is 1.15 bits per heavy atom. The first-order valence-electron chi connectivity index (χ1n) is 10.8. The number of piperazine rings is 1. The van der Waals surface area contributed by atoms with Gasteiger partial charge in [0.1, 0.15) is 22.6 Å². The fourth-order valence-corrected chi connectivity index (χ4v) is 5.89. The van der Waals surface area contributed by atoms with Gasteiger partial charge in [-0.3, -0.25) is 5.32 Å². The lowest BCUT2D eigenvalue weighted by Crippen LogP contribution is -2.66. The van der Waals surface area contributed by atoms with Crippen molar-refractivity contribution in [2.45, 2.75) is 29.4 Å². The number of hydrogen-bond donors (Lipinski definition) is 2. The zero-order valence-electron chi connectivity index (χ0n) is 17.9. The van der Waals surface area contributed by atoms with Crippen molar-refractivity contribution in [2.75, 3.05) is 31.5 Å². The fourth-order valence-electron chi connectivity index (χ4n) is 4.17. The van der Waals surface area contributed by atoms with Gasteiger partial charge in [-0.1, -0.05) is 23.7 Å². The van der Waals surface area contributed by atoms with E-state index in [-0.39, 0.29) is 32.2 Å². The van der Waals surface area contributed by atoms with Crippen molar-refractivity contribution in [1.82, 2.24) is 14.5 Å². The molecule has 2 aromatic carbocycles. The Balaban J connectivity index is 1.41. The number of hydrogen-bond acceptors (Lipinski definition) is 7. The van der Waals surface area contributed by atoms with Crippen LogP contribution in [-0.2, 0) is 10.0 Å². The average Bonchev–Trinajstić information content (AvgIpc) is 3.64. The molecule has 1 unspecified atom stereocenters. The fraction of sp³-hybridized carbons (Fsp3) is 0.364. The highest BCUT2D eigenvalue weighted by atomic mass is 35.5. The van der Waals surface area contributed by atoms with Gasteiger partial charge < -0.3 is 10.2 Å². The summed E-state index contributed by atoms with van der Waals surface area (Å²) in [6, 6.07) is 11.2. The smallest absolute Gasteiger partial charge is 0.246 e. The zero-order chi connectivity index (χ0) is 24.1. The molecule has 2 heterocycles. The third kappa shape index (κ3) is 4.01. The number of sulfonamides is 1. The summed E-state index contributed by atoms with van der Waals surface area (Å²) in [5.74, 6) is -1.75. The monoisotopic (exact) mass is 506 g/mol. The summed E-state index contributed by atoms with van der Waals surface area (Å²) < 4.78 is 55.0. The Morgan fingerprint density at radius 2 is 1.85 bits per heavy atom. The molecule has 2 fully saturated rings. The normalized spacial score (nSPS) is 23.0. The number of amidine groups is 1. The van der Waals surface area contributed by atoms with Crippen LogP contribution >= 0.6 is 11.6 Å². The molecule has 0 spiro atoms.